The van der Waals surface area contributed by atoms with E-state index in [-0.39, 0.29) is 16.2 Å². The molecule has 0 atom stereocenters. The molecule has 5 aromatic rings. The molecular weight excluding hydrogens is 544 g/mol. The number of carbonyl (C=O) groups is 2. The Morgan fingerprint density at radius 2 is 1.02 bits per heavy atom. The first-order chi connectivity index (χ1) is 20.1. The first-order valence-electron chi connectivity index (χ1n) is 13.5. The third kappa shape index (κ3) is 5.80. The molecule has 5 rings (SSSR count). The minimum absolute atomic E-state index is 0.0905. The van der Waals surface area contributed by atoms with Crippen molar-refractivity contribution < 1.29 is 22.7 Å². The van der Waals surface area contributed by atoms with Gasteiger partial charge in [0.05, 0.1) is 4.90 Å². The van der Waals surface area contributed by atoms with Crippen LogP contribution in [0.2, 0.25) is 0 Å². The Labute approximate surface area is 246 Å². The van der Waals surface area contributed by atoms with Gasteiger partial charge in [-0.15, -0.1) is 0 Å². The molecule has 0 amide bonds. The lowest BCUT2D eigenvalue weighted by atomic mass is 9.99. The summed E-state index contributed by atoms with van der Waals surface area (Å²) in [6, 6.07) is 37.2. The third-order valence-corrected chi connectivity index (χ3v) is 9.69. The van der Waals surface area contributed by atoms with E-state index >= 15 is 0 Å². The lowest BCUT2D eigenvalue weighted by Gasteiger charge is -2.23. The Kier molecular flexibility index (Phi) is 7.92. The maximum Gasteiger partial charge on any atom is 0.193 e. The van der Waals surface area contributed by atoms with Gasteiger partial charge in [0.2, 0.25) is 0 Å². The predicted molar refractivity (Wildman–Crippen MR) is 165 cm³/mol. The smallest absolute Gasteiger partial charge is 0.193 e. The second-order valence-electron chi connectivity index (χ2n) is 10.6. The van der Waals surface area contributed by atoms with E-state index in [2.05, 4.69) is 0 Å². The maximum absolute atomic E-state index is 13.3. The number of ketones is 2. The highest BCUT2D eigenvalue weighted by molar-refractivity contribution is 7.93. The molecule has 0 aliphatic rings. The van der Waals surface area contributed by atoms with Crippen molar-refractivity contribution in [3.05, 3.63) is 150 Å². The van der Waals surface area contributed by atoms with Crippen molar-refractivity contribution in [3.63, 3.8) is 0 Å². The van der Waals surface area contributed by atoms with E-state index in [1.165, 1.54) is 26.0 Å². The molecule has 0 radical (unpaired) electrons. The molecule has 0 aliphatic heterocycles. The lowest BCUT2D eigenvalue weighted by molar-refractivity contribution is 0.0953. The maximum atomic E-state index is 13.3. The van der Waals surface area contributed by atoms with Crippen LogP contribution in [-0.2, 0) is 9.84 Å². The first-order valence-corrected chi connectivity index (χ1v) is 15.0. The van der Waals surface area contributed by atoms with Crippen LogP contribution in [0.15, 0.2) is 132 Å². The normalized spacial score (nSPS) is 11.6. The molecule has 0 saturated heterocycles. The zero-order chi connectivity index (χ0) is 29.9. The van der Waals surface area contributed by atoms with Gasteiger partial charge in [-0.05, 0) is 92.6 Å². The fourth-order valence-electron chi connectivity index (χ4n) is 4.58. The monoisotopic (exact) mass is 574 g/mol. The molecule has 5 aromatic carbocycles. The summed E-state index contributed by atoms with van der Waals surface area (Å²) in [6.07, 6.45) is 0. The summed E-state index contributed by atoms with van der Waals surface area (Å²) >= 11 is 0. The van der Waals surface area contributed by atoms with Gasteiger partial charge in [0, 0.05) is 16.7 Å². The Morgan fingerprint density at radius 1 is 0.571 bits per heavy atom. The average molecular weight is 575 g/mol. The SMILES string of the molecule is Cc1ccc(S(=O)(=O)C(C)(C)C(=O)c2ccc(Oc3ccc(C(=O)c4ccc(-c5ccccc5)cc4)cc3)cc2)cc1. The van der Waals surface area contributed by atoms with Crippen LogP contribution in [0, 0.1) is 6.92 Å². The average Bonchev–Trinajstić information content (AvgIpc) is 3.02. The molecule has 0 aromatic heterocycles. The predicted octanol–water partition coefficient (Wildman–Crippen LogP) is 8.12. The van der Waals surface area contributed by atoms with Gasteiger partial charge in [-0.3, -0.25) is 9.59 Å². The number of Topliss-reactive ketones (excluding diaryl/α,β-unsaturated/α-hetero) is 1. The molecule has 0 N–H and O–H groups in total. The van der Waals surface area contributed by atoms with Crippen molar-refractivity contribution in [3.8, 4) is 22.6 Å². The van der Waals surface area contributed by atoms with Gasteiger partial charge in [-0.1, -0.05) is 72.3 Å². The molecule has 0 bridgehead atoms. The molecule has 42 heavy (non-hydrogen) atoms. The molecule has 0 fully saturated rings. The van der Waals surface area contributed by atoms with Gasteiger partial charge in [-0.25, -0.2) is 8.42 Å². The summed E-state index contributed by atoms with van der Waals surface area (Å²) in [5.74, 6) is 0.398. The van der Waals surface area contributed by atoms with Crippen LogP contribution < -0.4 is 4.74 Å². The Hall–Kier alpha value is -4.81. The van der Waals surface area contributed by atoms with Crippen LogP contribution in [0.25, 0.3) is 11.1 Å². The van der Waals surface area contributed by atoms with E-state index in [9.17, 15) is 18.0 Å². The number of rotatable bonds is 9. The number of sulfone groups is 1. The molecule has 0 saturated carbocycles. The number of ether oxygens (including phenoxy) is 1. The second kappa shape index (κ2) is 11.6. The minimum atomic E-state index is -3.92. The topological polar surface area (TPSA) is 77.5 Å². The quantitative estimate of drug-likeness (QED) is 0.166. The number of benzene rings is 5. The summed E-state index contributed by atoms with van der Waals surface area (Å²) in [5.41, 5.74) is 4.46. The van der Waals surface area contributed by atoms with Crippen LogP contribution in [-0.4, -0.2) is 24.7 Å². The molecule has 0 aliphatic carbocycles. The van der Waals surface area contributed by atoms with Gasteiger partial charge in [0.15, 0.2) is 21.4 Å². The fraction of sp³-hybridized carbons (Fsp3) is 0.111. The van der Waals surface area contributed by atoms with Gasteiger partial charge >= 0.3 is 0 Å². The van der Waals surface area contributed by atoms with Gasteiger partial charge in [0.1, 0.15) is 16.2 Å². The van der Waals surface area contributed by atoms with Crippen molar-refractivity contribution in [1.29, 1.82) is 0 Å². The highest BCUT2D eigenvalue weighted by atomic mass is 32.2. The third-order valence-electron chi connectivity index (χ3n) is 7.27. The van der Waals surface area contributed by atoms with Crippen LogP contribution in [0.3, 0.4) is 0 Å². The van der Waals surface area contributed by atoms with Crippen molar-refractivity contribution >= 4 is 21.4 Å². The molecule has 210 valence electrons. The number of carbonyl (C=O) groups excluding carboxylic acids is 2. The zero-order valence-electron chi connectivity index (χ0n) is 23.6. The molecule has 0 spiro atoms. The molecule has 0 unspecified atom stereocenters. The highest BCUT2D eigenvalue weighted by Crippen LogP contribution is 2.31. The number of aryl methyl sites for hydroxylation is 1. The van der Waals surface area contributed by atoms with Crippen molar-refractivity contribution in [2.45, 2.75) is 30.4 Å². The highest BCUT2D eigenvalue weighted by Gasteiger charge is 2.43. The zero-order valence-corrected chi connectivity index (χ0v) is 24.4. The minimum Gasteiger partial charge on any atom is -0.457 e. The standard InChI is InChI=1S/C36H30O5S/c1-25-9-23-33(24-10-25)42(39,40)36(2,3)35(38)30-17-21-32(22-18-30)41-31-19-15-29(16-20-31)34(37)28-13-11-27(12-14-28)26-7-5-4-6-8-26/h4-24H,1-3H3. The number of hydrogen-bond acceptors (Lipinski definition) is 5. The van der Waals surface area contributed by atoms with Crippen LogP contribution in [0.5, 0.6) is 11.5 Å². The summed E-state index contributed by atoms with van der Waals surface area (Å²) in [6.45, 7) is 4.72. The second-order valence-corrected chi connectivity index (χ2v) is 13.1. The summed E-state index contributed by atoms with van der Waals surface area (Å²) < 4.78 is 30.8. The van der Waals surface area contributed by atoms with E-state index in [1.54, 1.807) is 60.7 Å². The van der Waals surface area contributed by atoms with E-state index < -0.39 is 20.4 Å². The van der Waals surface area contributed by atoms with Crippen molar-refractivity contribution in [2.75, 3.05) is 0 Å². The van der Waals surface area contributed by atoms with Gasteiger partial charge in [0.25, 0.3) is 0 Å². The number of hydrogen-bond donors (Lipinski definition) is 0. The van der Waals surface area contributed by atoms with E-state index in [0.29, 0.717) is 22.6 Å². The molecule has 6 heteroatoms. The first kappa shape index (κ1) is 28.7. The van der Waals surface area contributed by atoms with E-state index in [0.717, 1.165) is 16.7 Å². The van der Waals surface area contributed by atoms with E-state index in [1.807, 2.05) is 61.5 Å². The van der Waals surface area contributed by atoms with Crippen LogP contribution in [0.1, 0.15) is 45.7 Å². The van der Waals surface area contributed by atoms with E-state index in [4.69, 9.17) is 4.74 Å². The van der Waals surface area contributed by atoms with Crippen LogP contribution >= 0.6 is 0 Å². The Balaban J connectivity index is 1.25. The summed E-state index contributed by atoms with van der Waals surface area (Å²) in [5, 5.41) is 0. The van der Waals surface area contributed by atoms with Crippen molar-refractivity contribution in [1.82, 2.24) is 0 Å². The summed E-state index contributed by atoms with van der Waals surface area (Å²) in [4.78, 5) is 26.4. The Bertz CT molecular complexity index is 1820. The summed E-state index contributed by atoms with van der Waals surface area (Å²) in [7, 11) is -3.92. The van der Waals surface area contributed by atoms with Crippen LogP contribution in [0.4, 0.5) is 0 Å². The lowest BCUT2D eigenvalue weighted by Crippen LogP contribution is -2.40. The van der Waals surface area contributed by atoms with Gasteiger partial charge in [-0.2, -0.15) is 0 Å². The largest absolute Gasteiger partial charge is 0.457 e. The molecular formula is C36H30O5S. The fourth-order valence-corrected chi connectivity index (χ4v) is 6.02. The molecule has 0 heterocycles. The van der Waals surface area contributed by atoms with Gasteiger partial charge < -0.3 is 4.74 Å². The Morgan fingerprint density at radius 3 is 1.55 bits per heavy atom. The van der Waals surface area contributed by atoms with Crippen molar-refractivity contribution in [2.24, 2.45) is 0 Å². The molecule has 5 nitrogen and oxygen atoms in total.